The van der Waals surface area contributed by atoms with E-state index in [-0.39, 0.29) is 5.97 Å². The first kappa shape index (κ1) is 8.87. The van der Waals surface area contributed by atoms with Crippen molar-refractivity contribution in [2.45, 2.75) is 5.72 Å². The number of benzene rings is 1. The highest BCUT2D eigenvalue weighted by atomic mass is 16.6. The Morgan fingerprint density at radius 1 is 1.29 bits per heavy atom. The predicted octanol–water partition coefficient (Wildman–Crippen LogP) is 2.01. The van der Waals surface area contributed by atoms with Gasteiger partial charge in [0, 0.05) is 11.5 Å². The van der Waals surface area contributed by atoms with E-state index >= 15 is 0 Å². The van der Waals surface area contributed by atoms with E-state index in [1.54, 1.807) is 12.3 Å². The molecule has 1 unspecified atom stereocenters. The third kappa shape index (κ3) is 0.952. The molecule has 84 valence electrons. The summed E-state index contributed by atoms with van der Waals surface area (Å²) in [6.45, 7) is 0.338. The van der Waals surface area contributed by atoms with Crippen molar-refractivity contribution in [1.29, 1.82) is 0 Å². The monoisotopic (exact) mass is 227 g/mol. The van der Waals surface area contributed by atoms with Crippen LogP contribution in [0.2, 0.25) is 0 Å². The van der Waals surface area contributed by atoms with E-state index in [4.69, 9.17) is 9.47 Å². The van der Waals surface area contributed by atoms with Crippen molar-refractivity contribution >= 4 is 16.9 Å². The summed E-state index contributed by atoms with van der Waals surface area (Å²) in [5.41, 5.74) is 0.792. The van der Waals surface area contributed by atoms with E-state index in [9.17, 15) is 4.79 Å². The molecule has 0 bridgehead atoms. The van der Waals surface area contributed by atoms with Crippen molar-refractivity contribution < 1.29 is 14.3 Å². The van der Waals surface area contributed by atoms with Gasteiger partial charge in [-0.15, -0.1) is 0 Å². The number of ether oxygens (including phenoxy) is 2. The van der Waals surface area contributed by atoms with Crippen LogP contribution in [0, 0.1) is 0 Å². The zero-order chi connectivity index (χ0) is 11.5. The summed E-state index contributed by atoms with van der Waals surface area (Å²) in [5.74, 6) is -0.295. The van der Waals surface area contributed by atoms with E-state index < -0.39 is 5.72 Å². The fourth-order valence-electron chi connectivity index (χ4n) is 2.54. The topological polar surface area (TPSA) is 40.5 Å². The molecule has 0 amide bonds. The van der Waals surface area contributed by atoms with Crippen molar-refractivity contribution in [2.24, 2.45) is 0 Å². The van der Waals surface area contributed by atoms with Crippen LogP contribution in [0.25, 0.3) is 10.9 Å². The van der Waals surface area contributed by atoms with E-state index in [2.05, 4.69) is 0 Å². The van der Waals surface area contributed by atoms with Gasteiger partial charge in [-0.25, -0.2) is 4.79 Å². The largest absolute Gasteiger partial charge is 0.495 e. The third-order valence-electron chi connectivity index (χ3n) is 3.28. The van der Waals surface area contributed by atoms with Gasteiger partial charge >= 0.3 is 5.97 Å². The molecule has 2 aromatic rings. The fourth-order valence-corrected chi connectivity index (χ4v) is 2.54. The molecule has 1 spiro atoms. The van der Waals surface area contributed by atoms with E-state index in [1.807, 2.05) is 34.9 Å². The molecule has 1 aromatic heterocycles. The molecule has 0 N–H and O–H groups in total. The first-order chi connectivity index (χ1) is 8.30. The highest BCUT2D eigenvalue weighted by molar-refractivity contribution is 5.98. The quantitative estimate of drug-likeness (QED) is 0.646. The number of rotatable bonds is 0. The molecule has 0 saturated heterocycles. The van der Waals surface area contributed by atoms with Gasteiger partial charge in [-0.05, 0) is 12.1 Å². The molecule has 3 heterocycles. The Bertz CT molecular complexity index is 670. The molecule has 0 aliphatic carbocycles. The molecule has 0 radical (unpaired) electrons. The summed E-state index contributed by atoms with van der Waals surface area (Å²) in [6.07, 6.45) is 3.37. The Kier molecular flexibility index (Phi) is 1.42. The average molecular weight is 227 g/mol. The molecule has 4 rings (SSSR count). The molecule has 4 heteroatoms. The maximum absolute atomic E-state index is 11.9. The molecule has 17 heavy (non-hydrogen) atoms. The molecule has 2 aliphatic rings. The standard InChI is InChI=1S/C13H9NO3/c15-12-11-7-9-3-1-2-4-10(9)14(11)13(17-12)5-6-16-8-13/h1-7H,8H2. The predicted molar refractivity (Wildman–Crippen MR) is 60.4 cm³/mol. The van der Waals surface area contributed by atoms with Crippen molar-refractivity contribution in [1.82, 2.24) is 4.57 Å². The molecule has 4 nitrogen and oxygen atoms in total. The number of carbonyl (C=O) groups is 1. The second kappa shape index (κ2) is 2.71. The van der Waals surface area contributed by atoms with Crippen molar-refractivity contribution in [3.05, 3.63) is 48.4 Å². The van der Waals surface area contributed by atoms with Crippen LogP contribution in [0.5, 0.6) is 0 Å². The van der Waals surface area contributed by atoms with Crippen LogP contribution in [-0.4, -0.2) is 17.1 Å². The molecular weight excluding hydrogens is 218 g/mol. The summed E-state index contributed by atoms with van der Waals surface area (Å²) in [4.78, 5) is 11.9. The van der Waals surface area contributed by atoms with E-state index in [1.165, 1.54) is 0 Å². The van der Waals surface area contributed by atoms with Crippen LogP contribution < -0.4 is 0 Å². The summed E-state index contributed by atoms with van der Waals surface area (Å²) >= 11 is 0. The number of fused-ring (bicyclic) bond motifs is 4. The molecule has 0 fully saturated rings. The lowest BCUT2D eigenvalue weighted by Gasteiger charge is -2.21. The van der Waals surface area contributed by atoms with Gasteiger partial charge in [-0.2, -0.15) is 0 Å². The maximum Gasteiger partial charge on any atom is 0.357 e. The summed E-state index contributed by atoms with van der Waals surface area (Å²) in [6, 6.07) is 9.73. The van der Waals surface area contributed by atoms with Gasteiger partial charge in [-0.3, -0.25) is 4.57 Å². The highest BCUT2D eigenvalue weighted by Crippen LogP contribution is 2.38. The molecule has 1 atom stereocenters. The molecule has 2 aliphatic heterocycles. The van der Waals surface area contributed by atoms with Crippen LogP contribution in [0.4, 0.5) is 0 Å². The SMILES string of the molecule is O=C1OC2(C=COC2)n2c1cc1ccccc12. The van der Waals surface area contributed by atoms with Crippen LogP contribution in [0.15, 0.2) is 42.7 Å². The van der Waals surface area contributed by atoms with Crippen LogP contribution in [0.1, 0.15) is 10.5 Å². The number of hydrogen-bond acceptors (Lipinski definition) is 3. The number of nitrogens with zero attached hydrogens (tertiary/aromatic N) is 1. The second-order valence-corrected chi connectivity index (χ2v) is 4.27. The first-order valence-electron chi connectivity index (χ1n) is 5.44. The Morgan fingerprint density at radius 2 is 2.18 bits per heavy atom. The highest BCUT2D eigenvalue weighted by Gasteiger charge is 2.47. The van der Waals surface area contributed by atoms with Gasteiger partial charge in [0.05, 0.1) is 11.8 Å². The Morgan fingerprint density at radius 3 is 3.00 bits per heavy atom. The Hall–Kier alpha value is -2.23. The molecule has 0 saturated carbocycles. The second-order valence-electron chi connectivity index (χ2n) is 4.27. The smallest absolute Gasteiger partial charge is 0.357 e. The lowest BCUT2D eigenvalue weighted by atomic mass is 10.2. The minimum Gasteiger partial charge on any atom is -0.495 e. The first-order valence-corrected chi connectivity index (χ1v) is 5.44. The lowest BCUT2D eigenvalue weighted by Crippen LogP contribution is -2.31. The van der Waals surface area contributed by atoms with Crippen molar-refractivity contribution in [3.8, 4) is 0 Å². The lowest BCUT2D eigenvalue weighted by molar-refractivity contribution is -0.0285. The third-order valence-corrected chi connectivity index (χ3v) is 3.28. The van der Waals surface area contributed by atoms with Crippen LogP contribution in [0.3, 0.4) is 0 Å². The van der Waals surface area contributed by atoms with Gasteiger partial charge < -0.3 is 9.47 Å². The molecule has 1 aromatic carbocycles. The van der Waals surface area contributed by atoms with Crippen molar-refractivity contribution in [2.75, 3.05) is 6.61 Å². The van der Waals surface area contributed by atoms with Gasteiger partial charge in [0.15, 0.2) is 6.61 Å². The molecular formula is C13H9NO3. The van der Waals surface area contributed by atoms with Gasteiger partial charge in [0.1, 0.15) is 5.69 Å². The normalized spacial score (nSPS) is 25.3. The van der Waals surface area contributed by atoms with Gasteiger partial charge in [0.2, 0.25) is 5.72 Å². The van der Waals surface area contributed by atoms with E-state index in [0.29, 0.717) is 12.3 Å². The van der Waals surface area contributed by atoms with Gasteiger partial charge in [0.25, 0.3) is 0 Å². The number of hydrogen-bond donors (Lipinski definition) is 0. The number of carbonyl (C=O) groups excluding carboxylic acids is 1. The van der Waals surface area contributed by atoms with E-state index in [0.717, 1.165) is 10.9 Å². The van der Waals surface area contributed by atoms with Crippen molar-refractivity contribution in [3.63, 3.8) is 0 Å². The van der Waals surface area contributed by atoms with Crippen LogP contribution >= 0.6 is 0 Å². The maximum atomic E-state index is 11.9. The Balaban J connectivity index is 2.11. The summed E-state index contributed by atoms with van der Waals surface area (Å²) < 4.78 is 12.6. The zero-order valence-electron chi connectivity index (χ0n) is 8.92. The summed E-state index contributed by atoms with van der Waals surface area (Å²) in [5, 5.41) is 1.04. The summed E-state index contributed by atoms with van der Waals surface area (Å²) in [7, 11) is 0. The average Bonchev–Trinajstić information content (AvgIpc) is 2.97. The number of esters is 1. The zero-order valence-corrected chi connectivity index (χ0v) is 8.92. The minimum atomic E-state index is -0.782. The van der Waals surface area contributed by atoms with Gasteiger partial charge in [-0.1, -0.05) is 18.2 Å². The number of aromatic nitrogens is 1. The fraction of sp³-hybridized carbons (Fsp3) is 0.154. The minimum absolute atomic E-state index is 0.295. The Labute approximate surface area is 97.0 Å². The number of para-hydroxylation sites is 1. The van der Waals surface area contributed by atoms with Crippen LogP contribution in [-0.2, 0) is 15.2 Å².